The molecule has 1 amide bonds. The van der Waals surface area contributed by atoms with Crippen LogP contribution in [0.15, 0.2) is 18.2 Å². The Balaban J connectivity index is 1.94. The Hall–Kier alpha value is -1.91. The third-order valence-electron chi connectivity index (χ3n) is 4.15. The molecule has 1 aromatic carbocycles. The number of nitrogen functional groups attached to an aromatic ring is 1. The fourth-order valence-electron chi connectivity index (χ4n) is 3.15. The molecule has 0 aromatic heterocycles. The van der Waals surface area contributed by atoms with Gasteiger partial charge >= 0.3 is 0 Å². The number of hydrogen-bond donors (Lipinski definition) is 2. The number of fused-ring (bicyclic) bond motifs is 1. The van der Waals surface area contributed by atoms with Crippen molar-refractivity contribution in [1.29, 1.82) is 0 Å². The van der Waals surface area contributed by atoms with Gasteiger partial charge in [-0.15, -0.1) is 0 Å². The lowest BCUT2D eigenvalue weighted by molar-refractivity contribution is -0.122. The molecule has 5 nitrogen and oxygen atoms in total. The van der Waals surface area contributed by atoms with E-state index in [1.54, 1.807) is 7.11 Å². The van der Waals surface area contributed by atoms with Crippen molar-refractivity contribution in [2.45, 2.75) is 18.9 Å². The van der Waals surface area contributed by atoms with Gasteiger partial charge in [-0.25, -0.2) is 0 Å². The zero-order chi connectivity index (χ0) is 13.4. The van der Waals surface area contributed by atoms with Crippen LogP contribution in [0.1, 0.15) is 12.8 Å². The first-order valence-corrected chi connectivity index (χ1v) is 6.68. The lowest BCUT2D eigenvalue weighted by Gasteiger charge is -2.38. The molecule has 5 heteroatoms. The summed E-state index contributed by atoms with van der Waals surface area (Å²) in [5.74, 6) is 1.07. The average molecular weight is 261 g/mol. The first-order valence-electron chi connectivity index (χ1n) is 6.68. The van der Waals surface area contributed by atoms with Crippen LogP contribution in [0.4, 0.5) is 11.4 Å². The standard InChI is InChI=1S/C14H19N3O2/c1-19-9-4-5-11(15)12(7-9)17-6-2-3-10-13(17)8-16-14(10)18/h4-5,7,10,13H,2-3,6,8,15H2,1H3,(H,16,18). The van der Waals surface area contributed by atoms with E-state index in [1.807, 2.05) is 18.2 Å². The van der Waals surface area contributed by atoms with Crippen LogP contribution in [0.5, 0.6) is 5.75 Å². The smallest absolute Gasteiger partial charge is 0.225 e. The molecule has 2 fully saturated rings. The molecule has 2 aliphatic rings. The number of benzene rings is 1. The van der Waals surface area contributed by atoms with Crippen LogP contribution in [0.2, 0.25) is 0 Å². The Morgan fingerprint density at radius 2 is 2.32 bits per heavy atom. The molecule has 19 heavy (non-hydrogen) atoms. The number of rotatable bonds is 2. The molecule has 2 heterocycles. The summed E-state index contributed by atoms with van der Waals surface area (Å²) in [6, 6.07) is 5.90. The van der Waals surface area contributed by atoms with Crippen molar-refractivity contribution in [2.24, 2.45) is 5.92 Å². The number of nitrogens with two attached hydrogens (primary N) is 1. The molecule has 0 spiro atoms. The molecule has 2 atom stereocenters. The molecule has 0 bridgehead atoms. The van der Waals surface area contributed by atoms with E-state index in [2.05, 4.69) is 10.2 Å². The Morgan fingerprint density at radius 1 is 1.47 bits per heavy atom. The Kier molecular flexibility index (Phi) is 2.97. The van der Waals surface area contributed by atoms with Crippen molar-refractivity contribution in [2.75, 3.05) is 30.8 Å². The summed E-state index contributed by atoms with van der Waals surface area (Å²) in [7, 11) is 1.65. The van der Waals surface area contributed by atoms with Crippen LogP contribution in [-0.4, -0.2) is 32.1 Å². The third kappa shape index (κ3) is 1.99. The normalized spacial score (nSPS) is 25.9. The van der Waals surface area contributed by atoms with E-state index in [0.717, 1.165) is 36.5 Å². The second-order valence-electron chi connectivity index (χ2n) is 5.18. The van der Waals surface area contributed by atoms with E-state index >= 15 is 0 Å². The Labute approximate surface area is 112 Å². The van der Waals surface area contributed by atoms with Gasteiger partial charge in [0.15, 0.2) is 0 Å². The number of ether oxygens (including phenoxy) is 1. The first-order chi connectivity index (χ1) is 9.20. The summed E-state index contributed by atoms with van der Waals surface area (Å²) in [6.45, 7) is 1.65. The van der Waals surface area contributed by atoms with Crippen molar-refractivity contribution >= 4 is 17.3 Å². The van der Waals surface area contributed by atoms with E-state index in [1.165, 1.54) is 0 Å². The molecule has 3 rings (SSSR count). The lowest BCUT2D eigenvalue weighted by Crippen LogP contribution is -2.46. The minimum Gasteiger partial charge on any atom is -0.497 e. The Morgan fingerprint density at radius 3 is 3.11 bits per heavy atom. The monoisotopic (exact) mass is 261 g/mol. The summed E-state index contributed by atoms with van der Waals surface area (Å²) >= 11 is 0. The zero-order valence-corrected chi connectivity index (χ0v) is 11.1. The van der Waals surface area contributed by atoms with Gasteiger partial charge in [0, 0.05) is 19.2 Å². The molecule has 102 valence electrons. The highest BCUT2D eigenvalue weighted by molar-refractivity contribution is 5.84. The van der Waals surface area contributed by atoms with Crippen LogP contribution in [0.3, 0.4) is 0 Å². The average Bonchev–Trinajstić information content (AvgIpc) is 2.81. The van der Waals surface area contributed by atoms with Gasteiger partial charge in [0.1, 0.15) is 5.75 Å². The van der Waals surface area contributed by atoms with E-state index in [4.69, 9.17) is 10.5 Å². The van der Waals surface area contributed by atoms with Crippen LogP contribution < -0.4 is 20.7 Å². The lowest BCUT2D eigenvalue weighted by atomic mass is 9.91. The van der Waals surface area contributed by atoms with E-state index in [9.17, 15) is 4.79 Å². The Bertz CT molecular complexity index is 503. The SMILES string of the molecule is COc1ccc(N)c(N2CCCC3C(=O)NCC32)c1. The number of methoxy groups -OCH3 is 1. The molecule has 2 aliphatic heterocycles. The quantitative estimate of drug-likeness (QED) is 0.779. The van der Waals surface area contributed by atoms with E-state index in [0.29, 0.717) is 6.54 Å². The van der Waals surface area contributed by atoms with Gasteiger partial charge in [0.2, 0.25) is 5.91 Å². The van der Waals surface area contributed by atoms with Crippen LogP contribution in [-0.2, 0) is 4.79 Å². The predicted molar refractivity (Wildman–Crippen MR) is 74.3 cm³/mol. The largest absolute Gasteiger partial charge is 0.497 e. The molecule has 2 saturated heterocycles. The van der Waals surface area contributed by atoms with E-state index < -0.39 is 0 Å². The molecule has 0 saturated carbocycles. The van der Waals surface area contributed by atoms with Gasteiger partial charge in [-0.2, -0.15) is 0 Å². The molecular weight excluding hydrogens is 242 g/mol. The van der Waals surface area contributed by atoms with Crippen molar-refractivity contribution in [3.05, 3.63) is 18.2 Å². The van der Waals surface area contributed by atoms with Crippen molar-refractivity contribution in [3.63, 3.8) is 0 Å². The highest BCUT2D eigenvalue weighted by Gasteiger charge is 2.41. The fraction of sp³-hybridized carbons (Fsp3) is 0.500. The minimum absolute atomic E-state index is 0.0966. The molecular formula is C14H19N3O2. The maximum absolute atomic E-state index is 11.8. The van der Waals surface area contributed by atoms with Gasteiger partial charge in [0.25, 0.3) is 0 Å². The predicted octanol–water partition coefficient (Wildman–Crippen LogP) is 0.992. The summed E-state index contributed by atoms with van der Waals surface area (Å²) < 4.78 is 5.27. The maximum Gasteiger partial charge on any atom is 0.225 e. The van der Waals surface area contributed by atoms with Crippen molar-refractivity contribution < 1.29 is 9.53 Å². The van der Waals surface area contributed by atoms with Crippen molar-refractivity contribution in [3.8, 4) is 5.75 Å². The minimum atomic E-state index is 0.0966. The van der Waals surface area contributed by atoms with Gasteiger partial charge in [0.05, 0.1) is 30.4 Å². The summed E-state index contributed by atoms with van der Waals surface area (Å²) in [6.07, 6.45) is 1.99. The second kappa shape index (κ2) is 4.64. The molecule has 1 aromatic rings. The number of carbonyl (C=O) groups excluding carboxylic acids is 1. The van der Waals surface area contributed by atoms with Gasteiger partial charge in [-0.05, 0) is 25.0 Å². The third-order valence-corrected chi connectivity index (χ3v) is 4.15. The van der Waals surface area contributed by atoms with Gasteiger partial charge in [-0.3, -0.25) is 4.79 Å². The summed E-state index contributed by atoms with van der Waals surface area (Å²) in [5, 5.41) is 2.96. The van der Waals surface area contributed by atoms with Crippen LogP contribution >= 0.6 is 0 Å². The number of piperidine rings is 1. The first kappa shape index (κ1) is 12.1. The second-order valence-corrected chi connectivity index (χ2v) is 5.18. The number of nitrogens with one attached hydrogen (secondary N) is 1. The highest BCUT2D eigenvalue weighted by Crippen LogP contribution is 2.36. The number of amides is 1. The molecule has 0 radical (unpaired) electrons. The number of nitrogens with zero attached hydrogens (tertiary/aromatic N) is 1. The fourth-order valence-corrected chi connectivity index (χ4v) is 3.15. The topological polar surface area (TPSA) is 67.6 Å². The maximum atomic E-state index is 11.8. The van der Waals surface area contributed by atoms with Crippen molar-refractivity contribution in [1.82, 2.24) is 5.32 Å². The van der Waals surface area contributed by atoms with Crippen LogP contribution in [0, 0.1) is 5.92 Å². The molecule has 2 unspecified atom stereocenters. The zero-order valence-electron chi connectivity index (χ0n) is 11.1. The van der Waals surface area contributed by atoms with Gasteiger partial charge < -0.3 is 20.7 Å². The molecule has 3 N–H and O–H groups in total. The number of hydrogen-bond acceptors (Lipinski definition) is 4. The number of anilines is 2. The van der Waals surface area contributed by atoms with E-state index in [-0.39, 0.29) is 17.9 Å². The molecule has 0 aliphatic carbocycles. The summed E-state index contributed by atoms with van der Waals surface area (Å²) in [5.41, 5.74) is 7.80. The summed E-state index contributed by atoms with van der Waals surface area (Å²) in [4.78, 5) is 14.1. The highest BCUT2D eigenvalue weighted by atomic mass is 16.5. The van der Waals surface area contributed by atoms with Gasteiger partial charge in [-0.1, -0.05) is 0 Å². The number of carbonyl (C=O) groups is 1. The van der Waals surface area contributed by atoms with Crippen LogP contribution in [0.25, 0.3) is 0 Å².